The van der Waals surface area contributed by atoms with E-state index in [1.54, 1.807) is 6.08 Å². The molecule has 1 aliphatic rings. The van der Waals surface area contributed by atoms with Gasteiger partial charge in [-0.2, -0.15) is 0 Å². The number of rotatable bonds is 5. The van der Waals surface area contributed by atoms with Gasteiger partial charge in [0.15, 0.2) is 11.5 Å². The van der Waals surface area contributed by atoms with Crippen LogP contribution >= 0.6 is 0 Å². The lowest BCUT2D eigenvalue weighted by Crippen LogP contribution is -2.41. The Morgan fingerprint density at radius 2 is 2.15 bits per heavy atom. The third kappa shape index (κ3) is 3.30. The largest absolute Gasteiger partial charge is 0.486 e. The molecule has 1 heterocycles. The third-order valence-electron chi connectivity index (χ3n) is 3.18. The molecule has 1 aromatic carbocycles. The molecule has 0 aliphatic carbocycles. The number of ether oxygens (including phenoxy) is 2. The average molecular weight is 276 g/mol. The summed E-state index contributed by atoms with van der Waals surface area (Å²) < 4.78 is 11.0. The minimum Gasteiger partial charge on any atom is -0.486 e. The van der Waals surface area contributed by atoms with Crippen LogP contribution in [0.2, 0.25) is 0 Å². The molecule has 0 bridgehead atoms. The van der Waals surface area contributed by atoms with Gasteiger partial charge < -0.3 is 20.5 Å². The van der Waals surface area contributed by atoms with Gasteiger partial charge in [-0.3, -0.25) is 4.79 Å². The molecule has 3 N–H and O–H groups in total. The van der Waals surface area contributed by atoms with E-state index in [0.29, 0.717) is 25.4 Å². The molecular formula is C15H20N2O3. The summed E-state index contributed by atoms with van der Waals surface area (Å²) in [5.41, 5.74) is 6.69. The van der Waals surface area contributed by atoms with Gasteiger partial charge in [0.1, 0.15) is 13.2 Å². The molecule has 2 rings (SSSR count). The quantitative estimate of drug-likeness (QED) is 0.800. The molecular weight excluding hydrogens is 256 g/mol. The van der Waals surface area contributed by atoms with Crippen LogP contribution in [0, 0.1) is 0 Å². The van der Waals surface area contributed by atoms with E-state index in [9.17, 15) is 4.79 Å². The SMILES string of the molecule is C=CCC(N)C(=O)NC(C)c1ccc2c(c1)OCCO2. The second kappa shape index (κ2) is 6.43. The molecule has 108 valence electrons. The Bertz CT molecular complexity index is 502. The number of fused-ring (bicyclic) bond motifs is 1. The second-order valence-corrected chi connectivity index (χ2v) is 4.76. The molecule has 0 fully saturated rings. The first kappa shape index (κ1) is 14.4. The van der Waals surface area contributed by atoms with Crippen molar-refractivity contribution in [2.45, 2.75) is 25.4 Å². The van der Waals surface area contributed by atoms with Crippen LogP contribution in [0.5, 0.6) is 11.5 Å². The predicted octanol–water partition coefficient (Wildman–Crippen LogP) is 1.54. The average Bonchev–Trinajstić information content (AvgIpc) is 2.46. The van der Waals surface area contributed by atoms with Crippen LogP contribution in [-0.4, -0.2) is 25.2 Å². The van der Waals surface area contributed by atoms with Crippen molar-refractivity contribution in [1.29, 1.82) is 0 Å². The summed E-state index contributed by atoms with van der Waals surface area (Å²) in [5, 5.41) is 2.88. The number of nitrogens with one attached hydrogen (secondary N) is 1. The minimum atomic E-state index is -0.563. The van der Waals surface area contributed by atoms with Gasteiger partial charge in [-0.05, 0) is 31.0 Å². The van der Waals surface area contributed by atoms with Gasteiger partial charge >= 0.3 is 0 Å². The minimum absolute atomic E-state index is 0.144. The Labute approximate surface area is 118 Å². The van der Waals surface area contributed by atoms with Gasteiger partial charge in [0.25, 0.3) is 0 Å². The van der Waals surface area contributed by atoms with Crippen molar-refractivity contribution in [2.24, 2.45) is 5.73 Å². The first-order valence-electron chi connectivity index (χ1n) is 6.68. The number of benzene rings is 1. The molecule has 0 saturated heterocycles. The zero-order chi connectivity index (χ0) is 14.5. The number of hydrogen-bond donors (Lipinski definition) is 2. The Morgan fingerprint density at radius 3 is 2.85 bits per heavy atom. The molecule has 0 saturated carbocycles. The molecule has 20 heavy (non-hydrogen) atoms. The van der Waals surface area contributed by atoms with Crippen LogP contribution in [0.1, 0.15) is 24.9 Å². The molecule has 1 aromatic rings. The van der Waals surface area contributed by atoms with Crippen LogP contribution in [0.15, 0.2) is 30.9 Å². The van der Waals surface area contributed by atoms with E-state index in [1.165, 1.54) is 0 Å². The molecule has 0 aromatic heterocycles. The lowest BCUT2D eigenvalue weighted by atomic mass is 10.1. The summed E-state index contributed by atoms with van der Waals surface area (Å²) in [6.07, 6.45) is 2.10. The molecule has 5 heteroatoms. The van der Waals surface area contributed by atoms with Gasteiger partial charge in [-0.15, -0.1) is 6.58 Å². The zero-order valence-electron chi connectivity index (χ0n) is 11.6. The molecule has 2 unspecified atom stereocenters. The summed E-state index contributed by atoms with van der Waals surface area (Å²) in [6.45, 7) is 6.59. The van der Waals surface area contributed by atoms with Crippen molar-refractivity contribution in [3.05, 3.63) is 36.4 Å². The van der Waals surface area contributed by atoms with Gasteiger partial charge in [0.2, 0.25) is 5.91 Å². The zero-order valence-corrected chi connectivity index (χ0v) is 11.6. The fourth-order valence-electron chi connectivity index (χ4n) is 2.02. The number of carbonyl (C=O) groups is 1. The topological polar surface area (TPSA) is 73.6 Å². The summed E-state index contributed by atoms with van der Waals surface area (Å²) >= 11 is 0. The van der Waals surface area contributed by atoms with E-state index < -0.39 is 6.04 Å². The van der Waals surface area contributed by atoms with Crippen LogP contribution in [-0.2, 0) is 4.79 Å². The van der Waals surface area contributed by atoms with E-state index in [4.69, 9.17) is 15.2 Å². The second-order valence-electron chi connectivity index (χ2n) is 4.76. The standard InChI is InChI=1S/C15H20N2O3/c1-3-4-12(16)15(18)17-10(2)11-5-6-13-14(9-11)20-8-7-19-13/h3,5-6,9-10,12H,1,4,7-8,16H2,2H3,(H,17,18). The first-order chi connectivity index (χ1) is 9.61. The fourth-order valence-corrected chi connectivity index (χ4v) is 2.02. The molecule has 1 aliphatic heterocycles. The van der Waals surface area contributed by atoms with Crippen LogP contribution in [0.3, 0.4) is 0 Å². The van der Waals surface area contributed by atoms with Gasteiger partial charge in [0, 0.05) is 0 Å². The smallest absolute Gasteiger partial charge is 0.237 e. The van der Waals surface area contributed by atoms with Crippen molar-refractivity contribution in [1.82, 2.24) is 5.32 Å². The number of nitrogens with two attached hydrogens (primary N) is 1. The van der Waals surface area contributed by atoms with Crippen molar-refractivity contribution < 1.29 is 14.3 Å². The maximum absolute atomic E-state index is 11.9. The highest BCUT2D eigenvalue weighted by atomic mass is 16.6. The summed E-state index contributed by atoms with van der Waals surface area (Å²) in [7, 11) is 0. The highest BCUT2D eigenvalue weighted by Gasteiger charge is 2.18. The van der Waals surface area contributed by atoms with E-state index in [2.05, 4.69) is 11.9 Å². The van der Waals surface area contributed by atoms with E-state index >= 15 is 0 Å². The van der Waals surface area contributed by atoms with Crippen LogP contribution in [0.4, 0.5) is 0 Å². The van der Waals surface area contributed by atoms with E-state index in [1.807, 2.05) is 25.1 Å². The van der Waals surface area contributed by atoms with Gasteiger partial charge in [0.05, 0.1) is 12.1 Å². The molecule has 1 amide bonds. The Morgan fingerprint density at radius 1 is 1.45 bits per heavy atom. The Hall–Kier alpha value is -2.01. The van der Waals surface area contributed by atoms with Crippen LogP contribution < -0.4 is 20.5 Å². The highest BCUT2D eigenvalue weighted by Crippen LogP contribution is 2.32. The van der Waals surface area contributed by atoms with E-state index in [0.717, 1.165) is 11.3 Å². The fraction of sp³-hybridized carbons (Fsp3) is 0.400. The lowest BCUT2D eigenvalue weighted by molar-refractivity contribution is -0.122. The number of amides is 1. The number of hydrogen-bond acceptors (Lipinski definition) is 4. The summed E-state index contributed by atoms with van der Waals surface area (Å²) in [6, 6.07) is 4.95. The van der Waals surface area contributed by atoms with Crippen molar-refractivity contribution in [2.75, 3.05) is 13.2 Å². The third-order valence-corrected chi connectivity index (χ3v) is 3.18. The first-order valence-corrected chi connectivity index (χ1v) is 6.68. The highest BCUT2D eigenvalue weighted by molar-refractivity contribution is 5.82. The van der Waals surface area contributed by atoms with Crippen LogP contribution in [0.25, 0.3) is 0 Å². The summed E-state index contributed by atoms with van der Waals surface area (Å²) in [4.78, 5) is 11.9. The van der Waals surface area contributed by atoms with Crippen molar-refractivity contribution in [3.8, 4) is 11.5 Å². The van der Waals surface area contributed by atoms with E-state index in [-0.39, 0.29) is 11.9 Å². The molecule has 5 nitrogen and oxygen atoms in total. The molecule has 0 radical (unpaired) electrons. The normalized spacial score (nSPS) is 16.1. The summed E-state index contributed by atoms with van der Waals surface area (Å²) in [5.74, 6) is 1.26. The molecule has 0 spiro atoms. The van der Waals surface area contributed by atoms with Crippen molar-refractivity contribution in [3.63, 3.8) is 0 Å². The molecule has 2 atom stereocenters. The predicted molar refractivity (Wildman–Crippen MR) is 76.8 cm³/mol. The maximum atomic E-state index is 11.9. The van der Waals surface area contributed by atoms with Gasteiger partial charge in [-0.1, -0.05) is 12.1 Å². The number of carbonyl (C=O) groups excluding carboxylic acids is 1. The van der Waals surface area contributed by atoms with Crippen molar-refractivity contribution >= 4 is 5.91 Å². The Kier molecular flexibility index (Phi) is 4.63. The maximum Gasteiger partial charge on any atom is 0.237 e. The van der Waals surface area contributed by atoms with Gasteiger partial charge in [-0.25, -0.2) is 0 Å². The monoisotopic (exact) mass is 276 g/mol. The Balaban J connectivity index is 2.03. The lowest BCUT2D eigenvalue weighted by Gasteiger charge is -2.21.